The second-order valence-electron chi connectivity index (χ2n) is 6.66. The van der Waals surface area contributed by atoms with Gasteiger partial charge in [0.1, 0.15) is 11.5 Å². The van der Waals surface area contributed by atoms with E-state index in [0.29, 0.717) is 5.11 Å². The maximum absolute atomic E-state index is 5.63. The summed E-state index contributed by atoms with van der Waals surface area (Å²) in [5, 5.41) is 4.02. The lowest BCUT2D eigenvalue weighted by Gasteiger charge is -2.37. The van der Waals surface area contributed by atoms with Crippen LogP contribution in [0.5, 0.6) is 11.5 Å². The molecule has 0 unspecified atom stereocenters. The highest BCUT2D eigenvalue weighted by molar-refractivity contribution is 7.80. The molecule has 1 heterocycles. The zero-order valence-electron chi connectivity index (χ0n) is 17.0. The Morgan fingerprint density at radius 3 is 2.39 bits per heavy atom. The van der Waals surface area contributed by atoms with Crippen molar-refractivity contribution in [3.8, 4) is 11.5 Å². The molecule has 1 aliphatic heterocycles. The summed E-state index contributed by atoms with van der Waals surface area (Å²) in [5.74, 6) is 1.51. The highest BCUT2D eigenvalue weighted by Crippen LogP contribution is 2.29. The lowest BCUT2D eigenvalue weighted by molar-refractivity contribution is 0.164. The Morgan fingerprint density at radius 1 is 1.14 bits per heavy atom. The Labute approximate surface area is 174 Å². The van der Waals surface area contributed by atoms with E-state index in [2.05, 4.69) is 33.2 Å². The van der Waals surface area contributed by atoms with Crippen LogP contribution in [0.15, 0.2) is 43.5 Å². The lowest BCUT2D eigenvalue weighted by Crippen LogP contribution is -2.51. The number of nitrogens with one attached hydrogen (secondary N) is 1. The highest BCUT2D eigenvalue weighted by Gasteiger charge is 2.20. The van der Waals surface area contributed by atoms with Crippen LogP contribution in [0.4, 0.5) is 5.69 Å². The van der Waals surface area contributed by atoms with E-state index in [0.717, 1.165) is 69.5 Å². The van der Waals surface area contributed by atoms with Gasteiger partial charge in [0.25, 0.3) is 0 Å². The first-order valence-corrected chi connectivity index (χ1v) is 9.96. The van der Waals surface area contributed by atoms with Crippen LogP contribution in [0.3, 0.4) is 0 Å². The molecule has 0 aromatic heterocycles. The molecule has 0 saturated carbocycles. The Bertz CT molecular complexity index is 650. The summed E-state index contributed by atoms with van der Waals surface area (Å²) in [6.07, 6.45) is 3.89. The maximum Gasteiger partial charge on any atom is 0.173 e. The van der Waals surface area contributed by atoms with E-state index in [1.165, 1.54) is 0 Å². The fraction of sp³-hybridized carbons (Fsp3) is 0.476. The smallest absolute Gasteiger partial charge is 0.173 e. The number of anilines is 1. The molecule has 1 fully saturated rings. The van der Waals surface area contributed by atoms with Crippen molar-refractivity contribution in [1.29, 1.82) is 0 Å². The van der Waals surface area contributed by atoms with Crippen LogP contribution in [0.25, 0.3) is 0 Å². The third kappa shape index (κ3) is 6.51. The third-order valence-corrected chi connectivity index (χ3v) is 5.18. The van der Waals surface area contributed by atoms with Gasteiger partial charge in [-0.15, -0.1) is 13.2 Å². The number of hydrogen-bond donors (Lipinski definition) is 1. The number of hydrogen-bond acceptors (Lipinski definition) is 5. The molecule has 0 spiro atoms. The fourth-order valence-corrected chi connectivity index (χ4v) is 3.48. The largest absolute Gasteiger partial charge is 0.497 e. The molecule has 7 heteroatoms. The second-order valence-corrected chi connectivity index (χ2v) is 7.05. The molecule has 1 aromatic carbocycles. The molecule has 1 aromatic rings. The molecule has 154 valence electrons. The maximum atomic E-state index is 5.63. The molecular weight excluding hydrogens is 372 g/mol. The molecule has 1 aliphatic rings. The minimum atomic E-state index is 0.714. The fourth-order valence-electron chi connectivity index (χ4n) is 3.19. The summed E-state index contributed by atoms with van der Waals surface area (Å²) in [5.41, 5.74) is 0.818. The van der Waals surface area contributed by atoms with Crippen molar-refractivity contribution in [3.05, 3.63) is 43.5 Å². The predicted molar refractivity (Wildman–Crippen MR) is 121 cm³/mol. The second kappa shape index (κ2) is 11.7. The van der Waals surface area contributed by atoms with Crippen LogP contribution in [0, 0.1) is 0 Å². The number of benzene rings is 1. The van der Waals surface area contributed by atoms with Gasteiger partial charge in [0, 0.05) is 58.4 Å². The summed E-state index contributed by atoms with van der Waals surface area (Å²) in [7, 11) is 3.30. The van der Waals surface area contributed by atoms with Gasteiger partial charge in [0.15, 0.2) is 5.11 Å². The van der Waals surface area contributed by atoms with Gasteiger partial charge < -0.3 is 19.7 Å². The number of thiocarbonyl (C=S) groups is 1. The molecule has 2 rings (SSSR count). The average molecular weight is 405 g/mol. The number of piperazine rings is 1. The van der Waals surface area contributed by atoms with Gasteiger partial charge in [-0.25, -0.2) is 0 Å². The van der Waals surface area contributed by atoms with Crippen molar-refractivity contribution in [2.75, 3.05) is 71.9 Å². The standard InChI is InChI=1S/C21H32N4O2S/c1-5-9-23(10-6-2)11-12-24-13-15-25(16-14-24)21(28)22-19-17-18(26-3)7-8-20(19)27-4/h5-8,17H,1-2,9-16H2,3-4H3,(H,22,28). The van der Waals surface area contributed by atoms with Gasteiger partial charge in [-0.05, 0) is 24.4 Å². The third-order valence-electron chi connectivity index (χ3n) is 4.81. The first kappa shape index (κ1) is 22.2. The summed E-state index contributed by atoms with van der Waals surface area (Å²) in [6.45, 7) is 15.3. The molecule has 28 heavy (non-hydrogen) atoms. The summed E-state index contributed by atoms with van der Waals surface area (Å²) >= 11 is 5.63. The average Bonchev–Trinajstić information content (AvgIpc) is 2.72. The highest BCUT2D eigenvalue weighted by atomic mass is 32.1. The Morgan fingerprint density at radius 2 is 1.82 bits per heavy atom. The first-order chi connectivity index (χ1) is 13.6. The topological polar surface area (TPSA) is 40.2 Å². The van der Waals surface area contributed by atoms with Crippen LogP contribution >= 0.6 is 12.2 Å². The van der Waals surface area contributed by atoms with Crippen LogP contribution < -0.4 is 14.8 Å². The minimum absolute atomic E-state index is 0.714. The normalized spacial score (nSPS) is 14.6. The van der Waals surface area contributed by atoms with E-state index in [1.807, 2.05) is 30.4 Å². The van der Waals surface area contributed by atoms with Crippen molar-refractivity contribution in [2.24, 2.45) is 0 Å². The lowest BCUT2D eigenvalue weighted by atomic mass is 10.2. The van der Waals surface area contributed by atoms with Crippen LogP contribution in [0.2, 0.25) is 0 Å². The van der Waals surface area contributed by atoms with Gasteiger partial charge in [0.05, 0.1) is 19.9 Å². The van der Waals surface area contributed by atoms with E-state index in [1.54, 1.807) is 14.2 Å². The Hall–Kier alpha value is -2.09. The van der Waals surface area contributed by atoms with E-state index in [9.17, 15) is 0 Å². The first-order valence-electron chi connectivity index (χ1n) is 9.55. The minimum Gasteiger partial charge on any atom is -0.497 e. The van der Waals surface area contributed by atoms with Crippen LogP contribution in [-0.4, -0.2) is 86.4 Å². The molecule has 0 aliphatic carbocycles. The van der Waals surface area contributed by atoms with Gasteiger partial charge in [-0.2, -0.15) is 0 Å². The van der Waals surface area contributed by atoms with E-state index in [-0.39, 0.29) is 0 Å². The Balaban J connectivity index is 1.83. The quantitative estimate of drug-likeness (QED) is 0.475. The van der Waals surface area contributed by atoms with Crippen molar-refractivity contribution in [2.45, 2.75) is 0 Å². The number of rotatable bonds is 10. The predicted octanol–water partition coefficient (Wildman–Crippen LogP) is 2.69. The molecule has 1 saturated heterocycles. The van der Waals surface area contributed by atoms with Crippen LogP contribution in [-0.2, 0) is 0 Å². The number of nitrogens with zero attached hydrogens (tertiary/aromatic N) is 3. The molecule has 6 nitrogen and oxygen atoms in total. The van der Waals surface area contributed by atoms with Crippen molar-refractivity contribution in [3.63, 3.8) is 0 Å². The number of methoxy groups -OCH3 is 2. The molecule has 0 amide bonds. The zero-order chi connectivity index (χ0) is 20.4. The zero-order valence-corrected chi connectivity index (χ0v) is 17.8. The SMILES string of the molecule is C=CCN(CC=C)CCN1CCN(C(=S)Nc2cc(OC)ccc2OC)CC1. The molecule has 1 N–H and O–H groups in total. The summed E-state index contributed by atoms with van der Waals surface area (Å²) < 4.78 is 10.7. The molecule has 0 atom stereocenters. The van der Waals surface area contributed by atoms with Crippen molar-refractivity contribution < 1.29 is 9.47 Å². The summed E-state index contributed by atoms with van der Waals surface area (Å²) in [4.78, 5) is 7.02. The van der Waals surface area contributed by atoms with Crippen molar-refractivity contribution >= 4 is 23.0 Å². The van der Waals surface area contributed by atoms with Crippen LogP contribution in [0.1, 0.15) is 0 Å². The van der Waals surface area contributed by atoms with Crippen molar-refractivity contribution in [1.82, 2.24) is 14.7 Å². The Kier molecular flexibility index (Phi) is 9.27. The monoisotopic (exact) mass is 404 g/mol. The summed E-state index contributed by atoms with van der Waals surface area (Å²) in [6, 6.07) is 5.64. The van der Waals surface area contributed by atoms with Gasteiger partial charge in [-0.3, -0.25) is 9.80 Å². The van der Waals surface area contributed by atoms with E-state index in [4.69, 9.17) is 21.7 Å². The van der Waals surface area contributed by atoms with E-state index >= 15 is 0 Å². The molecular formula is C21H32N4O2S. The molecule has 0 radical (unpaired) electrons. The van der Waals surface area contributed by atoms with E-state index < -0.39 is 0 Å². The molecule has 0 bridgehead atoms. The number of ether oxygens (including phenoxy) is 2. The van der Waals surface area contributed by atoms with Gasteiger partial charge >= 0.3 is 0 Å². The van der Waals surface area contributed by atoms with Gasteiger partial charge in [0.2, 0.25) is 0 Å². The van der Waals surface area contributed by atoms with Gasteiger partial charge in [-0.1, -0.05) is 12.2 Å².